The lowest BCUT2D eigenvalue weighted by molar-refractivity contribution is 0.291. The van der Waals surface area contributed by atoms with E-state index in [2.05, 4.69) is 21.2 Å². The number of aromatic hydroxyl groups is 1. The van der Waals surface area contributed by atoms with Gasteiger partial charge in [-0.15, -0.1) is 0 Å². The van der Waals surface area contributed by atoms with E-state index in [-0.39, 0.29) is 15.8 Å². The largest absolute Gasteiger partial charge is 0.505 e. The van der Waals surface area contributed by atoms with Crippen LogP contribution in [0.25, 0.3) is 0 Å². The van der Waals surface area contributed by atoms with Gasteiger partial charge in [-0.05, 0) is 30.7 Å². The van der Waals surface area contributed by atoms with Gasteiger partial charge in [-0.3, -0.25) is 0 Å². The lowest BCUT2D eigenvalue weighted by Crippen LogP contribution is -2.06. The van der Waals surface area contributed by atoms with Crippen molar-refractivity contribution in [1.82, 2.24) is 0 Å². The summed E-state index contributed by atoms with van der Waals surface area (Å²) in [6.07, 6.45) is 0.895. The number of anilines is 1. The van der Waals surface area contributed by atoms with Crippen molar-refractivity contribution in [3.63, 3.8) is 0 Å². The number of benzene rings is 2. The Bertz CT molecular complexity index is 702. The zero-order valence-corrected chi connectivity index (χ0v) is 16.4. The van der Waals surface area contributed by atoms with Crippen molar-refractivity contribution in [2.75, 3.05) is 19.0 Å². The molecular weight excluding hydrogens is 417 g/mol. The molecule has 0 aliphatic rings. The lowest BCUT2D eigenvalue weighted by atomic mass is 10.1. The summed E-state index contributed by atoms with van der Waals surface area (Å²) in [5.74, 6) is 1.24. The molecule has 7 heteroatoms. The van der Waals surface area contributed by atoms with Crippen molar-refractivity contribution in [2.24, 2.45) is 0 Å². The van der Waals surface area contributed by atoms with Crippen LogP contribution in [0.4, 0.5) is 5.69 Å². The second kappa shape index (κ2) is 8.70. The molecule has 0 saturated carbocycles. The van der Waals surface area contributed by atoms with Gasteiger partial charge < -0.3 is 19.9 Å². The van der Waals surface area contributed by atoms with Crippen LogP contribution in [-0.4, -0.2) is 18.8 Å². The molecule has 0 atom stereocenters. The van der Waals surface area contributed by atoms with Crippen LogP contribution in [-0.2, 0) is 6.54 Å². The quantitative estimate of drug-likeness (QED) is 0.535. The Kier molecular flexibility index (Phi) is 6.90. The summed E-state index contributed by atoms with van der Waals surface area (Å²) in [6, 6.07) is 6.99. The van der Waals surface area contributed by atoms with Gasteiger partial charge in [-0.25, -0.2) is 0 Å². The van der Waals surface area contributed by atoms with Gasteiger partial charge in [-0.2, -0.15) is 0 Å². The van der Waals surface area contributed by atoms with Crippen molar-refractivity contribution in [3.8, 4) is 17.2 Å². The summed E-state index contributed by atoms with van der Waals surface area (Å²) >= 11 is 15.5. The maximum Gasteiger partial charge on any atom is 0.167 e. The Balaban J connectivity index is 2.28. The molecule has 24 heavy (non-hydrogen) atoms. The SMILES string of the molecule is CCCOc1c(OC)ccc(Br)c1CNc1cc(Cl)c(O)c(Cl)c1. The van der Waals surface area contributed by atoms with Crippen LogP contribution in [0, 0.1) is 0 Å². The van der Waals surface area contributed by atoms with E-state index in [1.807, 2.05) is 19.1 Å². The molecule has 0 heterocycles. The average molecular weight is 435 g/mol. The number of phenolic OH excluding ortho intramolecular Hbond substituents is 1. The van der Waals surface area contributed by atoms with Crippen LogP contribution in [0.2, 0.25) is 10.0 Å². The highest BCUT2D eigenvalue weighted by atomic mass is 79.9. The molecule has 0 unspecified atom stereocenters. The lowest BCUT2D eigenvalue weighted by Gasteiger charge is -2.17. The van der Waals surface area contributed by atoms with E-state index in [1.165, 1.54) is 0 Å². The van der Waals surface area contributed by atoms with Gasteiger partial charge in [0, 0.05) is 22.3 Å². The summed E-state index contributed by atoms with van der Waals surface area (Å²) in [4.78, 5) is 0. The third-order valence-electron chi connectivity index (χ3n) is 3.32. The molecule has 0 spiro atoms. The van der Waals surface area contributed by atoms with E-state index >= 15 is 0 Å². The zero-order valence-electron chi connectivity index (χ0n) is 13.3. The van der Waals surface area contributed by atoms with Crippen molar-refractivity contribution in [3.05, 3.63) is 44.3 Å². The molecule has 0 amide bonds. The van der Waals surface area contributed by atoms with Gasteiger partial charge in [0.1, 0.15) is 0 Å². The monoisotopic (exact) mass is 433 g/mol. The number of methoxy groups -OCH3 is 1. The molecule has 2 aromatic carbocycles. The predicted octanol–water partition coefficient (Wildman–Crippen LogP) is 5.87. The van der Waals surface area contributed by atoms with Crippen LogP contribution in [0.1, 0.15) is 18.9 Å². The Morgan fingerprint density at radius 1 is 1.21 bits per heavy atom. The summed E-state index contributed by atoms with van der Waals surface area (Å²) in [5.41, 5.74) is 1.61. The second-order valence-corrected chi connectivity index (χ2v) is 6.72. The first-order valence-electron chi connectivity index (χ1n) is 7.38. The number of halogens is 3. The predicted molar refractivity (Wildman–Crippen MR) is 102 cm³/mol. The molecule has 0 bridgehead atoms. The van der Waals surface area contributed by atoms with Gasteiger partial charge >= 0.3 is 0 Å². The Hall–Kier alpha value is -1.30. The molecule has 0 aromatic heterocycles. The summed E-state index contributed by atoms with van der Waals surface area (Å²) in [6.45, 7) is 3.10. The van der Waals surface area contributed by atoms with Gasteiger partial charge in [0.15, 0.2) is 17.2 Å². The highest BCUT2D eigenvalue weighted by molar-refractivity contribution is 9.10. The summed E-state index contributed by atoms with van der Waals surface area (Å²) in [5, 5.41) is 13.3. The maximum absolute atomic E-state index is 9.63. The minimum absolute atomic E-state index is 0.126. The first-order chi connectivity index (χ1) is 11.5. The Morgan fingerprint density at radius 3 is 2.46 bits per heavy atom. The molecule has 130 valence electrons. The van der Waals surface area contributed by atoms with E-state index in [0.717, 1.165) is 16.5 Å². The number of nitrogens with one attached hydrogen (secondary N) is 1. The van der Waals surface area contributed by atoms with E-state index in [0.29, 0.717) is 30.3 Å². The molecular formula is C17H18BrCl2NO3. The van der Waals surface area contributed by atoms with Crippen LogP contribution in [0.15, 0.2) is 28.7 Å². The van der Waals surface area contributed by atoms with Crippen molar-refractivity contribution in [2.45, 2.75) is 19.9 Å². The van der Waals surface area contributed by atoms with Crippen LogP contribution < -0.4 is 14.8 Å². The fourth-order valence-corrected chi connectivity index (χ4v) is 3.07. The normalized spacial score (nSPS) is 10.5. The molecule has 0 fully saturated rings. The topological polar surface area (TPSA) is 50.7 Å². The van der Waals surface area contributed by atoms with E-state index in [9.17, 15) is 5.11 Å². The van der Waals surface area contributed by atoms with E-state index in [1.54, 1.807) is 19.2 Å². The van der Waals surface area contributed by atoms with Crippen molar-refractivity contribution >= 4 is 44.8 Å². The molecule has 2 rings (SSSR count). The smallest absolute Gasteiger partial charge is 0.167 e. The molecule has 0 aliphatic carbocycles. The first-order valence-corrected chi connectivity index (χ1v) is 8.92. The van der Waals surface area contributed by atoms with Gasteiger partial charge in [0.05, 0.1) is 23.8 Å². The fraction of sp³-hybridized carbons (Fsp3) is 0.294. The average Bonchev–Trinajstić information content (AvgIpc) is 2.56. The molecule has 2 aromatic rings. The summed E-state index contributed by atoms with van der Waals surface area (Å²) < 4.78 is 12.2. The van der Waals surface area contributed by atoms with Crippen molar-refractivity contribution < 1.29 is 14.6 Å². The summed E-state index contributed by atoms with van der Waals surface area (Å²) in [7, 11) is 1.61. The third-order valence-corrected chi connectivity index (χ3v) is 4.64. The minimum atomic E-state index is -0.126. The molecule has 0 saturated heterocycles. The molecule has 0 aliphatic heterocycles. The number of ether oxygens (including phenoxy) is 2. The zero-order chi connectivity index (χ0) is 17.7. The molecule has 2 N–H and O–H groups in total. The standard InChI is InChI=1S/C17H18BrCl2NO3/c1-3-6-24-17-11(12(18)4-5-15(17)23-2)9-21-10-7-13(19)16(22)14(20)8-10/h4-5,7-8,21-22H,3,6,9H2,1-2H3. The minimum Gasteiger partial charge on any atom is -0.505 e. The van der Waals surface area contributed by atoms with Crippen LogP contribution in [0.3, 0.4) is 0 Å². The number of phenols is 1. The van der Waals surface area contributed by atoms with E-state index in [4.69, 9.17) is 32.7 Å². The van der Waals surface area contributed by atoms with Gasteiger partial charge in [0.25, 0.3) is 0 Å². The van der Waals surface area contributed by atoms with Gasteiger partial charge in [-0.1, -0.05) is 46.1 Å². The third kappa shape index (κ3) is 4.41. The molecule has 0 radical (unpaired) electrons. The van der Waals surface area contributed by atoms with Crippen LogP contribution in [0.5, 0.6) is 17.2 Å². The van der Waals surface area contributed by atoms with Crippen molar-refractivity contribution in [1.29, 1.82) is 0 Å². The highest BCUT2D eigenvalue weighted by Gasteiger charge is 2.15. The number of hydrogen-bond donors (Lipinski definition) is 2. The maximum atomic E-state index is 9.63. The Morgan fingerprint density at radius 2 is 1.88 bits per heavy atom. The fourth-order valence-electron chi connectivity index (χ4n) is 2.13. The number of rotatable bonds is 7. The van der Waals surface area contributed by atoms with Crippen LogP contribution >= 0.6 is 39.1 Å². The number of hydrogen-bond acceptors (Lipinski definition) is 4. The second-order valence-electron chi connectivity index (χ2n) is 5.05. The Labute approximate surface area is 159 Å². The first kappa shape index (κ1) is 19.0. The van der Waals surface area contributed by atoms with E-state index < -0.39 is 0 Å². The molecule has 4 nitrogen and oxygen atoms in total. The highest BCUT2D eigenvalue weighted by Crippen LogP contribution is 2.38. The van der Waals surface area contributed by atoms with Gasteiger partial charge in [0.2, 0.25) is 0 Å².